The Morgan fingerprint density at radius 3 is 2.16 bits per heavy atom. The van der Waals surface area contributed by atoms with Crippen molar-refractivity contribution in [2.75, 3.05) is 52.4 Å². The van der Waals surface area contributed by atoms with Gasteiger partial charge in [0.25, 0.3) is 0 Å². The zero-order valence-corrected chi connectivity index (χ0v) is 14.9. The van der Waals surface area contributed by atoms with E-state index in [1.54, 1.807) is 33.7 Å². The number of benzene rings is 1. The van der Waals surface area contributed by atoms with Crippen molar-refractivity contribution in [2.45, 2.75) is 6.54 Å². The van der Waals surface area contributed by atoms with E-state index in [4.69, 9.17) is 14.2 Å². The van der Waals surface area contributed by atoms with Gasteiger partial charge in [-0.1, -0.05) is 0 Å². The normalized spacial score (nSPS) is 15.1. The number of rotatable bonds is 6. The van der Waals surface area contributed by atoms with Crippen molar-refractivity contribution in [3.05, 3.63) is 36.2 Å². The number of anilines is 1. The van der Waals surface area contributed by atoms with Crippen molar-refractivity contribution < 1.29 is 14.2 Å². The fourth-order valence-electron chi connectivity index (χ4n) is 2.93. The van der Waals surface area contributed by atoms with Crippen LogP contribution in [0.15, 0.2) is 30.6 Å². The molecular formula is C18H24N4O3. The van der Waals surface area contributed by atoms with E-state index in [9.17, 15) is 0 Å². The van der Waals surface area contributed by atoms with E-state index in [0.717, 1.165) is 55.7 Å². The molecule has 0 N–H and O–H groups in total. The minimum Gasteiger partial charge on any atom is -0.497 e. The Bertz CT molecular complexity index is 685. The van der Waals surface area contributed by atoms with Gasteiger partial charge in [0.15, 0.2) is 5.75 Å². The number of piperazine rings is 1. The molecule has 1 aromatic heterocycles. The Kier molecular flexibility index (Phi) is 5.55. The Labute approximate surface area is 148 Å². The molecule has 1 saturated heterocycles. The predicted molar refractivity (Wildman–Crippen MR) is 95.6 cm³/mol. The van der Waals surface area contributed by atoms with Gasteiger partial charge in [-0.15, -0.1) is 0 Å². The SMILES string of the molecule is COc1cnc(N2CCN(Cc3cc(OC)ccc3OC)CC2)nc1. The molecule has 1 aromatic carbocycles. The van der Waals surface area contributed by atoms with Crippen LogP contribution >= 0.6 is 0 Å². The fraction of sp³-hybridized carbons (Fsp3) is 0.444. The molecule has 25 heavy (non-hydrogen) atoms. The third-order valence-corrected chi connectivity index (χ3v) is 4.39. The smallest absolute Gasteiger partial charge is 0.225 e. The van der Waals surface area contributed by atoms with Gasteiger partial charge in [-0.2, -0.15) is 0 Å². The molecule has 0 aliphatic carbocycles. The number of ether oxygens (including phenoxy) is 3. The van der Waals surface area contributed by atoms with Crippen LogP contribution in [0.5, 0.6) is 17.2 Å². The molecule has 7 heteroatoms. The van der Waals surface area contributed by atoms with Gasteiger partial charge < -0.3 is 19.1 Å². The van der Waals surface area contributed by atoms with Crippen molar-refractivity contribution in [1.82, 2.24) is 14.9 Å². The van der Waals surface area contributed by atoms with Gasteiger partial charge in [0.2, 0.25) is 5.95 Å². The summed E-state index contributed by atoms with van der Waals surface area (Å²) in [6, 6.07) is 5.91. The molecule has 0 atom stereocenters. The summed E-state index contributed by atoms with van der Waals surface area (Å²) in [5.41, 5.74) is 1.14. The highest BCUT2D eigenvalue weighted by Gasteiger charge is 2.20. The Balaban J connectivity index is 1.60. The standard InChI is InChI=1S/C18H24N4O3/c1-23-15-4-5-17(25-3)14(10-15)13-21-6-8-22(9-7-21)18-19-11-16(24-2)12-20-18/h4-5,10-12H,6-9,13H2,1-3H3. The number of methoxy groups -OCH3 is 3. The third-order valence-electron chi connectivity index (χ3n) is 4.39. The highest BCUT2D eigenvalue weighted by atomic mass is 16.5. The molecule has 7 nitrogen and oxygen atoms in total. The molecule has 1 fully saturated rings. The lowest BCUT2D eigenvalue weighted by molar-refractivity contribution is 0.244. The van der Waals surface area contributed by atoms with Gasteiger partial charge >= 0.3 is 0 Å². The quantitative estimate of drug-likeness (QED) is 0.792. The minimum absolute atomic E-state index is 0.674. The summed E-state index contributed by atoms with van der Waals surface area (Å²) in [4.78, 5) is 13.3. The summed E-state index contributed by atoms with van der Waals surface area (Å²) in [6.07, 6.45) is 3.41. The maximum atomic E-state index is 5.47. The summed E-state index contributed by atoms with van der Waals surface area (Å²) in [5, 5.41) is 0. The van der Waals surface area contributed by atoms with Crippen LogP contribution in [0, 0.1) is 0 Å². The first kappa shape index (κ1) is 17.3. The molecule has 0 unspecified atom stereocenters. The van der Waals surface area contributed by atoms with Crippen LogP contribution < -0.4 is 19.1 Å². The molecule has 0 saturated carbocycles. The number of nitrogens with zero attached hydrogens (tertiary/aromatic N) is 4. The van der Waals surface area contributed by atoms with Crippen LogP contribution in [0.4, 0.5) is 5.95 Å². The van der Waals surface area contributed by atoms with Crippen molar-refractivity contribution >= 4 is 5.95 Å². The zero-order valence-electron chi connectivity index (χ0n) is 14.9. The molecule has 0 bridgehead atoms. The molecule has 1 aliphatic heterocycles. The summed E-state index contributed by atoms with van der Waals surface area (Å²) in [5.74, 6) is 3.16. The van der Waals surface area contributed by atoms with E-state index in [-0.39, 0.29) is 0 Å². The van der Waals surface area contributed by atoms with Gasteiger partial charge in [0.05, 0.1) is 33.7 Å². The van der Waals surface area contributed by atoms with Gasteiger partial charge in [0, 0.05) is 38.3 Å². The molecule has 134 valence electrons. The summed E-state index contributed by atoms with van der Waals surface area (Å²) in [7, 11) is 4.99. The number of hydrogen-bond acceptors (Lipinski definition) is 7. The van der Waals surface area contributed by atoms with Gasteiger partial charge in [-0.3, -0.25) is 4.90 Å². The van der Waals surface area contributed by atoms with E-state index in [0.29, 0.717) is 5.75 Å². The summed E-state index contributed by atoms with van der Waals surface area (Å²) >= 11 is 0. The molecule has 2 aromatic rings. The van der Waals surface area contributed by atoms with Gasteiger partial charge in [-0.05, 0) is 18.2 Å². The van der Waals surface area contributed by atoms with E-state index in [1.165, 1.54) is 0 Å². The lowest BCUT2D eigenvalue weighted by Gasteiger charge is -2.34. The first-order valence-corrected chi connectivity index (χ1v) is 8.27. The van der Waals surface area contributed by atoms with Crippen LogP contribution in [0.25, 0.3) is 0 Å². The largest absolute Gasteiger partial charge is 0.497 e. The molecule has 0 spiro atoms. The number of aromatic nitrogens is 2. The zero-order chi connectivity index (χ0) is 17.6. The van der Waals surface area contributed by atoms with Crippen LogP contribution in [0.3, 0.4) is 0 Å². The second-order valence-corrected chi connectivity index (χ2v) is 5.86. The highest BCUT2D eigenvalue weighted by Crippen LogP contribution is 2.26. The Hall–Kier alpha value is -2.54. The van der Waals surface area contributed by atoms with E-state index in [2.05, 4.69) is 19.8 Å². The second kappa shape index (κ2) is 8.02. The summed E-state index contributed by atoms with van der Waals surface area (Å²) < 4.78 is 15.9. The fourth-order valence-corrected chi connectivity index (χ4v) is 2.93. The Morgan fingerprint density at radius 2 is 1.56 bits per heavy atom. The van der Waals surface area contributed by atoms with Crippen LogP contribution in [0.1, 0.15) is 5.56 Å². The minimum atomic E-state index is 0.674. The first-order valence-electron chi connectivity index (χ1n) is 8.27. The van der Waals surface area contributed by atoms with Crippen molar-refractivity contribution in [3.8, 4) is 17.2 Å². The van der Waals surface area contributed by atoms with Gasteiger partial charge in [0.1, 0.15) is 11.5 Å². The lowest BCUT2D eigenvalue weighted by atomic mass is 10.1. The monoisotopic (exact) mass is 344 g/mol. The highest BCUT2D eigenvalue weighted by molar-refractivity contribution is 5.40. The first-order chi connectivity index (χ1) is 12.2. The van der Waals surface area contributed by atoms with Crippen molar-refractivity contribution in [3.63, 3.8) is 0 Å². The van der Waals surface area contributed by atoms with Crippen molar-refractivity contribution in [1.29, 1.82) is 0 Å². The van der Waals surface area contributed by atoms with Crippen LogP contribution in [0.2, 0.25) is 0 Å². The molecule has 1 aliphatic rings. The predicted octanol–water partition coefficient (Wildman–Crippen LogP) is 1.82. The summed E-state index contributed by atoms with van der Waals surface area (Å²) in [6.45, 7) is 4.49. The average Bonchev–Trinajstić information content (AvgIpc) is 2.68. The third kappa shape index (κ3) is 4.11. The van der Waals surface area contributed by atoms with E-state index < -0.39 is 0 Å². The van der Waals surface area contributed by atoms with Crippen LogP contribution in [-0.4, -0.2) is 62.4 Å². The number of hydrogen-bond donors (Lipinski definition) is 0. The molecule has 2 heterocycles. The Morgan fingerprint density at radius 1 is 0.880 bits per heavy atom. The molecule has 3 rings (SSSR count). The van der Waals surface area contributed by atoms with E-state index in [1.807, 2.05) is 18.2 Å². The second-order valence-electron chi connectivity index (χ2n) is 5.86. The van der Waals surface area contributed by atoms with Crippen LogP contribution in [-0.2, 0) is 6.54 Å². The van der Waals surface area contributed by atoms with Crippen molar-refractivity contribution in [2.24, 2.45) is 0 Å². The van der Waals surface area contributed by atoms with E-state index >= 15 is 0 Å². The average molecular weight is 344 g/mol. The topological polar surface area (TPSA) is 60.0 Å². The maximum Gasteiger partial charge on any atom is 0.225 e. The molecular weight excluding hydrogens is 320 g/mol. The molecule has 0 amide bonds. The maximum absolute atomic E-state index is 5.47. The lowest BCUT2D eigenvalue weighted by Crippen LogP contribution is -2.46. The molecule has 0 radical (unpaired) electrons. The van der Waals surface area contributed by atoms with Gasteiger partial charge in [-0.25, -0.2) is 9.97 Å².